The Balaban J connectivity index is 1.44. The Hall–Kier alpha value is -2.61. The van der Waals surface area contributed by atoms with E-state index in [1.165, 1.54) is 12.8 Å². The van der Waals surface area contributed by atoms with Crippen LogP contribution < -0.4 is 10.2 Å². The van der Waals surface area contributed by atoms with E-state index in [1.807, 2.05) is 25.1 Å². The van der Waals surface area contributed by atoms with E-state index in [9.17, 15) is 4.79 Å². The van der Waals surface area contributed by atoms with Gasteiger partial charge in [-0.1, -0.05) is 19.1 Å². The zero-order valence-electron chi connectivity index (χ0n) is 15.6. The molecule has 2 fully saturated rings. The molecule has 4 rings (SSSR count). The number of nitrogens with zero attached hydrogens (tertiary/aromatic N) is 4. The van der Waals surface area contributed by atoms with Crippen LogP contribution in [0.25, 0.3) is 0 Å². The number of nitrogens with one attached hydrogen (secondary N) is 2. The first kappa shape index (κ1) is 17.8. The molecule has 3 heterocycles. The molecule has 1 atom stereocenters. The minimum atomic E-state index is -0.296. The van der Waals surface area contributed by atoms with Crippen LogP contribution in [0.4, 0.5) is 16.2 Å². The van der Waals surface area contributed by atoms with Crippen LogP contribution in [-0.4, -0.2) is 58.9 Å². The minimum Gasteiger partial charge on any atom is -0.370 e. The van der Waals surface area contributed by atoms with Gasteiger partial charge in [0.15, 0.2) is 5.82 Å². The highest BCUT2D eigenvalue weighted by atomic mass is 16.5. The molecule has 2 saturated heterocycles. The molecule has 1 aromatic heterocycles. The Morgan fingerprint density at radius 1 is 1.30 bits per heavy atom. The molecule has 0 spiro atoms. The van der Waals surface area contributed by atoms with Crippen LogP contribution in [0.2, 0.25) is 0 Å². The SMILES string of the molecule is CCc1nc(C2CN(C(=O)Nc3ccccc3N3CCCC3)CCO2)n[nH]1. The summed E-state index contributed by atoms with van der Waals surface area (Å²) in [6, 6.07) is 7.90. The largest absolute Gasteiger partial charge is 0.370 e. The molecule has 1 unspecified atom stereocenters. The lowest BCUT2D eigenvalue weighted by Gasteiger charge is -2.32. The van der Waals surface area contributed by atoms with Crippen molar-refractivity contribution >= 4 is 17.4 Å². The highest BCUT2D eigenvalue weighted by molar-refractivity contribution is 5.93. The summed E-state index contributed by atoms with van der Waals surface area (Å²) in [6.07, 6.45) is 2.89. The number of aromatic amines is 1. The number of carbonyl (C=O) groups is 1. The number of aryl methyl sites for hydroxylation is 1. The lowest BCUT2D eigenvalue weighted by molar-refractivity contribution is -0.0179. The number of hydrogen-bond acceptors (Lipinski definition) is 5. The second-order valence-electron chi connectivity index (χ2n) is 6.94. The number of para-hydroxylation sites is 2. The maximum atomic E-state index is 12.9. The summed E-state index contributed by atoms with van der Waals surface area (Å²) in [4.78, 5) is 21.4. The predicted molar refractivity (Wildman–Crippen MR) is 103 cm³/mol. The average molecular weight is 370 g/mol. The zero-order chi connectivity index (χ0) is 18.6. The number of morpholine rings is 1. The molecule has 2 aliphatic rings. The van der Waals surface area contributed by atoms with Crippen LogP contribution in [-0.2, 0) is 11.2 Å². The number of benzene rings is 1. The van der Waals surface area contributed by atoms with Crippen molar-refractivity contribution in [1.82, 2.24) is 20.1 Å². The van der Waals surface area contributed by atoms with Crippen molar-refractivity contribution < 1.29 is 9.53 Å². The van der Waals surface area contributed by atoms with Crippen LogP contribution in [0.5, 0.6) is 0 Å². The highest BCUT2D eigenvalue weighted by Crippen LogP contribution is 2.29. The summed E-state index contributed by atoms with van der Waals surface area (Å²) in [6.45, 7) is 5.57. The lowest BCUT2D eigenvalue weighted by atomic mass is 10.2. The van der Waals surface area contributed by atoms with Crippen molar-refractivity contribution in [2.75, 3.05) is 43.0 Å². The van der Waals surface area contributed by atoms with Gasteiger partial charge in [-0.3, -0.25) is 5.10 Å². The van der Waals surface area contributed by atoms with Gasteiger partial charge in [0.2, 0.25) is 0 Å². The standard InChI is InChI=1S/C19H26N6O2/c1-2-17-21-18(23-22-17)16-13-25(11-12-27-16)19(26)20-14-7-3-4-8-15(14)24-9-5-6-10-24/h3-4,7-8,16H,2,5-6,9-13H2,1H3,(H,20,26)(H,21,22,23). The maximum absolute atomic E-state index is 12.9. The van der Waals surface area contributed by atoms with Gasteiger partial charge in [-0.25, -0.2) is 9.78 Å². The molecule has 0 bridgehead atoms. The van der Waals surface area contributed by atoms with Crippen molar-refractivity contribution in [2.45, 2.75) is 32.3 Å². The van der Waals surface area contributed by atoms with Gasteiger partial charge in [-0.15, -0.1) is 0 Å². The fourth-order valence-corrected chi connectivity index (χ4v) is 3.61. The molecule has 0 saturated carbocycles. The molecule has 144 valence electrons. The monoisotopic (exact) mass is 370 g/mol. The number of H-pyrrole nitrogens is 1. The quantitative estimate of drug-likeness (QED) is 0.864. The van der Waals surface area contributed by atoms with E-state index in [-0.39, 0.29) is 12.1 Å². The van der Waals surface area contributed by atoms with Crippen LogP contribution >= 0.6 is 0 Å². The fourth-order valence-electron chi connectivity index (χ4n) is 3.61. The summed E-state index contributed by atoms with van der Waals surface area (Å²) < 4.78 is 5.78. The van der Waals surface area contributed by atoms with Crippen molar-refractivity contribution in [3.63, 3.8) is 0 Å². The van der Waals surface area contributed by atoms with Crippen LogP contribution in [0.15, 0.2) is 24.3 Å². The molecule has 1 aromatic carbocycles. The Morgan fingerprint density at radius 2 is 2.11 bits per heavy atom. The third-order valence-electron chi connectivity index (χ3n) is 5.12. The normalized spacial score (nSPS) is 20.1. The minimum absolute atomic E-state index is 0.110. The Kier molecular flexibility index (Phi) is 5.24. The first-order valence-corrected chi connectivity index (χ1v) is 9.67. The van der Waals surface area contributed by atoms with Gasteiger partial charge >= 0.3 is 6.03 Å². The molecule has 0 radical (unpaired) electrons. The molecule has 2 aromatic rings. The van der Waals surface area contributed by atoms with Crippen molar-refractivity contribution in [3.8, 4) is 0 Å². The Labute approximate surface area is 158 Å². The molecule has 2 amide bonds. The summed E-state index contributed by atoms with van der Waals surface area (Å²) in [7, 11) is 0. The van der Waals surface area contributed by atoms with Gasteiger partial charge in [0.05, 0.1) is 24.5 Å². The molecule has 8 nitrogen and oxygen atoms in total. The zero-order valence-corrected chi connectivity index (χ0v) is 15.6. The van der Waals surface area contributed by atoms with E-state index in [0.29, 0.717) is 25.5 Å². The van der Waals surface area contributed by atoms with Crippen LogP contribution in [0, 0.1) is 0 Å². The molecule has 8 heteroatoms. The summed E-state index contributed by atoms with van der Waals surface area (Å²) in [5.41, 5.74) is 1.95. The second-order valence-corrected chi connectivity index (χ2v) is 6.94. The fraction of sp³-hybridized carbons (Fsp3) is 0.526. The molecule has 0 aliphatic carbocycles. The number of urea groups is 1. The molecular weight excluding hydrogens is 344 g/mol. The van der Waals surface area contributed by atoms with Crippen LogP contribution in [0.1, 0.15) is 37.5 Å². The van der Waals surface area contributed by atoms with Crippen molar-refractivity contribution in [1.29, 1.82) is 0 Å². The number of ether oxygens (including phenoxy) is 1. The summed E-state index contributed by atoms with van der Waals surface area (Å²) in [5, 5.41) is 10.2. The first-order chi connectivity index (χ1) is 13.2. The third-order valence-corrected chi connectivity index (χ3v) is 5.12. The molecule has 27 heavy (non-hydrogen) atoms. The number of anilines is 2. The topological polar surface area (TPSA) is 86.4 Å². The maximum Gasteiger partial charge on any atom is 0.322 e. The predicted octanol–water partition coefficient (Wildman–Crippen LogP) is 2.57. The first-order valence-electron chi connectivity index (χ1n) is 9.67. The van der Waals surface area contributed by atoms with Gasteiger partial charge < -0.3 is 19.9 Å². The van der Waals surface area contributed by atoms with Gasteiger partial charge in [-0.2, -0.15) is 5.10 Å². The van der Waals surface area contributed by atoms with Crippen molar-refractivity contribution in [3.05, 3.63) is 35.9 Å². The average Bonchev–Trinajstić information content (AvgIpc) is 3.40. The second kappa shape index (κ2) is 7.96. The van der Waals surface area contributed by atoms with Crippen molar-refractivity contribution in [2.24, 2.45) is 0 Å². The number of aromatic nitrogens is 3. The summed E-state index contributed by atoms with van der Waals surface area (Å²) in [5.74, 6) is 1.44. The third kappa shape index (κ3) is 3.90. The van der Waals surface area contributed by atoms with E-state index in [2.05, 4.69) is 31.5 Å². The highest BCUT2D eigenvalue weighted by Gasteiger charge is 2.28. The number of carbonyl (C=O) groups excluding carboxylic acids is 1. The van der Waals surface area contributed by atoms with Gasteiger partial charge in [0.1, 0.15) is 11.9 Å². The smallest absolute Gasteiger partial charge is 0.322 e. The number of rotatable bonds is 4. The van der Waals surface area contributed by atoms with Gasteiger partial charge in [0.25, 0.3) is 0 Å². The number of hydrogen-bond donors (Lipinski definition) is 2. The Morgan fingerprint density at radius 3 is 2.89 bits per heavy atom. The Bertz CT molecular complexity index is 786. The van der Waals surface area contributed by atoms with Crippen LogP contribution in [0.3, 0.4) is 0 Å². The van der Waals surface area contributed by atoms with Gasteiger partial charge in [0, 0.05) is 26.1 Å². The van der Waals surface area contributed by atoms with E-state index >= 15 is 0 Å². The van der Waals surface area contributed by atoms with E-state index in [1.54, 1.807) is 4.90 Å². The van der Waals surface area contributed by atoms with E-state index < -0.39 is 0 Å². The molecule has 2 N–H and O–H groups in total. The molecular formula is C19H26N6O2. The molecule has 2 aliphatic heterocycles. The summed E-state index contributed by atoms with van der Waals surface area (Å²) >= 11 is 0. The lowest BCUT2D eigenvalue weighted by Crippen LogP contribution is -2.44. The van der Waals surface area contributed by atoms with Gasteiger partial charge in [-0.05, 0) is 25.0 Å². The van der Waals surface area contributed by atoms with E-state index in [0.717, 1.165) is 36.7 Å². The number of amides is 2. The van der Waals surface area contributed by atoms with E-state index in [4.69, 9.17) is 4.74 Å².